The molecule has 4 heterocycles. The van der Waals surface area contributed by atoms with Crippen LogP contribution >= 0.6 is 0 Å². The van der Waals surface area contributed by atoms with Crippen molar-refractivity contribution in [3.63, 3.8) is 0 Å². The van der Waals surface area contributed by atoms with Crippen molar-refractivity contribution in [1.82, 2.24) is 19.1 Å². The topological polar surface area (TPSA) is 123 Å². The lowest BCUT2D eigenvalue weighted by Gasteiger charge is -2.31. The Hall–Kier alpha value is -3.27. The van der Waals surface area contributed by atoms with Crippen LogP contribution < -0.4 is 21.1 Å². The molecule has 1 atom stereocenters. The molecule has 0 radical (unpaired) electrons. The smallest absolute Gasteiger partial charge is 0.475 e. The summed E-state index contributed by atoms with van der Waals surface area (Å²) < 4.78 is 35.3. The second kappa shape index (κ2) is 10.3. The van der Waals surface area contributed by atoms with E-state index in [1.807, 2.05) is 4.57 Å². The SMILES string of the molecule is CC#CCn1c(N2CCCC(N)C2)nc2nc(N3CCCC3)n(C)c(=O)c21.O=C(O)C(F)(F)F. The van der Waals surface area contributed by atoms with Gasteiger partial charge in [0.15, 0.2) is 11.2 Å². The van der Waals surface area contributed by atoms with Crippen molar-refractivity contribution < 1.29 is 23.1 Å². The zero-order valence-electron chi connectivity index (χ0n) is 19.1. The number of alkyl halides is 3. The molecule has 2 aromatic rings. The number of hydrogen-bond donors (Lipinski definition) is 2. The van der Waals surface area contributed by atoms with Gasteiger partial charge >= 0.3 is 12.1 Å². The van der Waals surface area contributed by atoms with Crippen LogP contribution in [-0.4, -0.2) is 68.6 Å². The number of hydrogen-bond acceptors (Lipinski definition) is 7. The minimum atomic E-state index is -5.08. The maximum Gasteiger partial charge on any atom is 0.490 e. The lowest BCUT2D eigenvalue weighted by molar-refractivity contribution is -0.192. The van der Waals surface area contributed by atoms with Crippen molar-refractivity contribution in [2.24, 2.45) is 12.8 Å². The van der Waals surface area contributed by atoms with Crippen LogP contribution in [0.2, 0.25) is 0 Å². The molecular weight excluding hydrogens is 455 g/mol. The standard InChI is InChI=1S/C19H27N7O.C2HF3O2/c1-3-4-12-26-15-16(22-19(26)25-11-7-8-14(20)13-25)21-18(23(2)17(15)27)24-9-5-6-10-24;3-2(4,5)1(6)7/h14H,5-13,20H2,1-2H3;(H,6,7). The molecule has 0 aliphatic carbocycles. The molecule has 13 heteroatoms. The van der Waals surface area contributed by atoms with E-state index in [-0.39, 0.29) is 11.6 Å². The maximum absolute atomic E-state index is 13.2. The van der Waals surface area contributed by atoms with E-state index in [2.05, 4.69) is 21.6 Å². The van der Waals surface area contributed by atoms with E-state index in [1.54, 1.807) is 18.5 Å². The van der Waals surface area contributed by atoms with Crippen molar-refractivity contribution in [3.8, 4) is 11.8 Å². The third-order valence-corrected chi connectivity index (χ3v) is 5.73. The number of anilines is 2. The minimum Gasteiger partial charge on any atom is -0.475 e. The Morgan fingerprint density at radius 3 is 2.29 bits per heavy atom. The van der Waals surface area contributed by atoms with E-state index < -0.39 is 12.1 Å². The first-order chi connectivity index (χ1) is 16.0. The number of nitrogens with two attached hydrogens (primary N) is 1. The molecule has 0 spiro atoms. The fourth-order valence-electron chi connectivity index (χ4n) is 4.08. The van der Waals surface area contributed by atoms with Gasteiger partial charge in [0.2, 0.25) is 11.9 Å². The van der Waals surface area contributed by atoms with Gasteiger partial charge in [-0.25, -0.2) is 4.79 Å². The number of carboxylic acid groups (broad SMARTS) is 1. The summed E-state index contributed by atoms with van der Waals surface area (Å²) in [5.74, 6) is 4.70. The number of aliphatic carboxylic acids is 1. The molecule has 4 rings (SSSR count). The fourth-order valence-corrected chi connectivity index (χ4v) is 4.08. The highest BCUT2D eigenvalue weighted by Crippen LogP contribution is 2.25. The van der Waals surface area contributed by atoms with Crippen LogP contribution in [0.5, 0.6) is 0 Å². The molecule has 2 fully saturated rings. The second-order valence-corrected chi connectivity index (χ2v) is 8.22. The average molecular weight is 483 g/mol. The van der Waals surface area contributed by atoms with E-state index in [9.17, 15) is 18.0 Å². The monoisotopic (exact) mass is 483 g/mol. The number of halogens is 3. The molecule has 2 aliphatic rings. The van der Waals surface area contributed by atoms with Gasteiger partial charge in [0.05, 0.1) is 6.54 Å². The van der Waals surface area contributed by atoms with Crippen LogP contribution in [0.15, 0.2) is 4.79 Å². The van der Waals surface area contributed by atoms with Crippen molar-refractivity contribution in [2.75, 3.05) is 36.0 Å². The Morgan fingerprint density at radius 1 is 1.15 bits per heavy atom. The van der Waals surface area contributed by atoms with Gasteiger partial charge in [0.25, 0.3) is 5.56 Å². The second-order valence-electron chi connectivity index (χ2n) is 8.22. The number of imidazole rings is 1. The number of aromatic nitrogens is 4. The molecule has 2 aliphatic heterocycles. The Morgan fingerprint density at radius 2 is 1.74 bits per heavy atom. The van der Waals surface area contributed by atoms with E-state index in [1.165, 1.54) is 0 Å². The molecule has 0 aromatic carbocycles. The third kappa shape index (κ3) is 5.44. The Balaban J connectivity index is 0.000000406. The highest BCUT2D eigenvalue weighted by atomic mass is 19.4. The molecule has 0 saturated carbocycles. The first kappa shape index (κ1) is 25.4. The van der Waals surface area contributed by atoms with Crippen LogP contribution in [0.3, 0.4) is 0 Å². The first-order valence-corrected chi connectivity index (χ1v) is 11.0. The van der Waals surface area contributed by atoms with Crippen LogP contribution in [0.4, 0.5) is 25.1 Å². The number of nitrogens with zero attached hydrogens (tertiary/aromatic N) is 6. The molecule has 186 valence electrons. The molecule has 0 amide bonds. The average Bonchev–Trinajstić information content (AvgIpc) is 3.42. The van der Waals surface area contributed by atoms with Crippen molar-refractivity contribution in [2.45, 2.75) is 51.4 Å². The minimum absolute atomic E-state index is 0.0696. The molecule has 0 bridgehead atoms. The van der Waals surface area contributed by atoms with Crippen molar-refractivity contribution in [1.29, 1.82) is 0 Å². The van der Waals surface area contributed by atoms with Crippen molar-refractivity contribution >= 4 is 29.0 Å². The summed E-state index contributed by atoms with van der Waals surface area (Å²) in [5.41, 5.74) is 7.14. The summed E-state index contributed by atoms with van der Waals surface area (Å²) in [6.45, 7) is 5.72. The van der Waals surface area contributed by atoms with Gasteiger partial charge < -0.3 is 20.6 Å². The van der Waals surface area contributed by atoms with Gasteiger partial charge in [-0.2, -0.15) is 23.1 Å². The van der Waals surface area contributed by atoms with Gasteiger partial charge in [-0.3, -0.25) is 13.9 Å². The Labute approximate surface area is 194 Å². The number of piperidine rings is 1. The summed E-state index contributed by atoms with van der Waals surface area (Å²) in [5, 5.41) is 7.12. The highest BCUT2D eigenvalue weighted by molar-refractivity contribution is 5.76. The fraction of sp³-hybridized carbons (Fsp3) is 0.619. The summed E-state index contributed by atoms with van der Waals surface area (Å²) in [6, 6.07) is 0.125. The number of rotatable bonds is 3. The summed E-state index contributed by atoms with van der Waals surface area (Å²) >= 11 is 0. The zero-order chi connectivity index (χ0) is 25.0. The lowest BCUT2D eigenvalue weighted by Crippen LogP contribution is -2.44. The summed E-state index contributed by atoms with van der Waals surface area (Å²) in [4.78, 5) is 36.0. The molecular formula is C21H28F3N7O3. The van der Waals surface area contributed by atoms with E-state index >= 15 is 0 Å². The van der Waals surface area contributed by atoms with E-state index in [0.717, 1.165) is 57.8 Å². The normalized spacial score (nSPS) is 18.4. The predicted molar refractivity (Wildman–Crippen MR) is 121 cm³/mol. The van der Waals surface area contributed by atoms with Crippen LogP contribution in [0.1, 0.15) is 32.6 Å². The lowest BCUT2D eigenvalue weighted by atomic mass is 10.1. The Bertz CT molecular complexity index is 1160. The zero-order valence-corrected chi connectivity index (χ0v) is 19.1. The van der Waals surface area contributed by atoms with Gasteiger partial charge in [0, 0.05) is 39.3 Å². The van der Waals surface area contributed by atoms with Crippen molar-refractivity contribution in [3.05, 3.63) is 10.4 Å². The van der Waals surface area contributed by atoms with Crippen LogP contribution in [0.25, 0.3) is 11.2 Å². The largest absolute Gasteiger partial charge is 0.490 e. The first-order valence-electron chi connectivity index (χ1n) is 11.0. The molecule has 1 unspecified atom stereocenters. The molecule has 10 nitrogen and oxygen atoms in total. The number of fused-ring (bicyclic) bond motifs is 1. The van der Waals surface area contributed by atoms with E-state index in [4.69, 9.17) is 25.6 Å². The molecule has 3 N–H and O–H groups in total. The van der Waals surface area contributed by atoms with E-state index in [0.29, 0.717) is 23.7 Å². The maximum atomic E-state index is 13.2. The summed E-state index contributed by atoms with van der Waals surface area (Å²) in [6.07, 6.45) is -0.782. The number of carbonyl (C=O) groups is 1. The van der Waals surface area contributed by atoms with Gasteiger partial charge in [-0.1, -0.05) is 5.92 Å². The van der Waals surface area contributed by atoms with Gasteiger partial charge in [-0.05, 0) is 32.6 Å². The van der Waals surface area contributed by atoms with Gasteiger partial charge in [0.1, 0.15) is 0 Å². The molecule has 34 heavy (non-hydrogen) atoms. The predicted octanol–water partition coefficient (Wildman–Crippen LogP) is 1.31. The van der Waals surface area contributed by atoms with Gasteiger partial charge in [-0.15, -0.1) is 5.92 Å². The number of carboxylic acids is 1. The highest BCUT2D eigenvalue weighted by Gasteiger charge is 2.38. The molecule has 2 aromatic heterocycles. The Kier molecular flexibility index (Phi) is 7.71. The third-order valence-electron chi connectivity index (χ3n) is 5.73. The van der Waals surface area contributed by atoms with Crippen LogP contribution in [0, 0.1) is 11.8 Å². The summed E-state index contributed by atoms with van der Waals surface area (Å²) in [7, 11) is 1.79. The van der Waals surface area contributed by atoms with Crippen LogP contribution in [-0.2, 0) is 18.4 Å². The quantitative estimate of drug-likeness (QED) is 0.627. The molecule has 2 saturated heterocycles.